The van der Waals surface area contributed by atoms with Crippen LogP contribution >= 0.6 is 0 Å². The highest BCUT2D eigenvalue weighted by Gasteiger charge is 2.34. The average molecular weight is 297 g/mol. The van der Waals surface area contributed by atoms with Crippen LogP contribution in [0.2, 0.25) is 0 Å². The zero-order chi connectivity index (χ0) is 15.5. The number of piperazine rings is 1. The molecule has 3 nitrogen and oxygen atoms in total. The summed E-state index contributed by atoms with van der Waals surface area (Å²) in [6.45, 7) is 9.07. The fourth-order valence-corrected chi connectivity index (χ4v) is 3.77. The van der Waals surface area contributed by atoms with Gasteiger partial charge in [0.05, 0.1) is 11.6 Å². The highest BCUT2D eigenvalue weighted by molar-refractivity contribution is 5.37. The largest absolute Gasteiger partial charge is 0.298 e. The molecule has 22 heavy (non-hydrogen) atoms. The Hall–Kier alpha value is -1.37. The summed E-state index contributed by atoms with van der Waals surface area (Å²) >= 11 is 0. The second-order valence-electron chi connectivity index (χ2n) is 7.13. The van der Waals surface area contributed by atoms with Gasteiger partial charge in [-0.3, -0.25) is 9.80 Å². The second kappa shape index (κ2) is 6.81. The summed E-state index contributed by atoms with van der Waals surface area (Å²) in [7, 11) is 0. The van der Waals surface area contributed by atoms with Gasteiger partial charge in [-0.25, -0.2) is 0 Å². The molecule has 0 N–H and O–H groups in total. The van der Waals surface area contributed by atoms with Crippen molar-refractivity contribution in [2.45, 2.75) is 51.7 Å². The molecule has 2 fully saturated rings. The SMILES string of the molecule is CC(C)C1CN(C2CCC2)CCN1Cc1ccccc1C#N. The smallest absolute Gasteiger partial charge is 0.0995 e. The lowest BCUT2D eigenvalue weighted by Crippen LogP contribution is -2.58. The van der Waals surface area contributed by atoms with Crippen molar-refractivity contribution in [1.29, 1.82) is 5.26 Å². The maximum Gasteiger partial charge on any atom is 0.0995 e. The van der Waals surface area contributed by atoms with Crippen molar-refractivity contribution >= 4 is 0 Å². The van der Waals surface area contributed by atoms with E-state index >= 15 is 0 Å². The van der Waals surface area contributed by atoms with Crippen LogP contribution in [0, 0.1) is 17.2 Å². The summed E-state index contributed by atoms with van der Waals surface area (Å²) in [6.07, 6.45) is 4.19. The van der Waals surface area contributed by atoms with Crippen LogP contribution in [-0.2, 0) is 6.54 Å². The van der Waals surface area contributed by atoms with Crippen LogP contribution in [0.5, 0.6) is 0 Å². The Labute approximate surface area is 134 Å². The highest BCUT2D eigenvalue weighted by atomic mass is 15.3. The van der Waals surface area contributed by atoms with Gasteiger partial charge in [0.1, 0.15) is 0 Å². The van der Waals surface area contributed by atoms with Gasteiger partial charge >= 0.3 is 0 Å². The quantitative estimate of drug-likeness (QED) is 0.854. The zero-order valence-corrected chi connectivity index (χ0v) is 13.8. The van der Waals surface area contributed by atoms with E-state index in [0.29, 0.717) is 12.0 Å². The summed E-state index contributed by atoms with van der Waals surface area (Å²) < 4.78 is 0. The predicted octanol–water partition coefficient (Wildman–Crippen LogP) is 3.25. The summed E-state index contributed by atoms with van der Waals surface area (Å²) in [5, 5.41) is 9.30. The molecule has 1 heterocycles. The van der Waals surface area contributed by atoms with E-state index in [0.717, 1.165) is 24.7 Å². The molecule has 3 rings (SSSR count). The van der Waals surface area contributed by atoms with Gasteiger partial charge < -0.3 is 0 Å². The van der Waals surface area contributed by atoms with Crippen molar-refractivity contribution < 1.29 is 0 Å². The van der Waals surface area contributed by atoms with Crippen molar-refractivity contribution in [1.82, 2.24) is 9.80 Å². The van der Waals surface area contributed by atoms with Crippen LogP contribution < -0.4 is 0 Å². The Morgan fingerprint density at radius 3 is 2.64 bits per heavy atom. The van der Waals surface area contributed by atoms with E-state index in [9.17, 15) is 5.26 Å². The highest BCUT2D eigenvalue weighted by Crippen LogP contribution is 2.29. The van der Waals surface area contributed by atoms with E-state index in [1.165, 1.54) is 37.9 Å². The van der Waals surface area contributed by atoms with E-state index in [4.69, 9.17) is 0 Å². The first kappa shape index (κ1) is 15.5. The van der Waals surface area contributed by atoms with Crippen LogP contribution in [0.4, 0.5) is 0 Å². The fourth-order valence-electron chi connectivity index (χ4n) is 3.77. The maximum absolute atomic E-state index is 9.30. The Kier molecular flexibility index (Phi) is 4.81. The summed E-state index contributed by atoms with van der Waals surface area (Å²) in [4.78, 5) is 5.30. The van der Waals surface area contributed by atoms with Gasteiger partial charge in [0.2, 0.25) is 0 Å². The van der Waals surface area contributed by atoms with E-state index < -0.39 is 0 Å². The van der Waals surface area contributed by atoms with Crippen molar-refractivity contribution in [3.63, 3.8) is 0 Å². The van der Waals surface area contributed by atoms with E-state index in [1.54, 1.807) is 0 Å². The van der Waals surface area contributed by atoms with Gasteiger partial charge in [-0.2, -0.15) is 5.26 Å². The third kappa shape index (κ3) is 3.19. The monoisotopic (exact) mass is 297 g/mol. The first-order valence-electron chi connectivity index (χ1n) is 8.65. The third-order valence-electron chi connectivity index (χ3n) is 5.44. The topological polar surface area (TPSA) is 30.3 Å². The number of hydrogen-bond donors (Lipinski definition) is 0. The molecule has 1 aliphatic heterocycles. The predicted molar refractivity (Wildman–Crippen MR) is 89.4 cm³/mol. The molecule has 1 saturated carbocycles. The molecule has 0 spiro atoms. The molecule has 1 unspecified atom stereocenters. The van der Waals surface area contributed by atoms with Gasteiger partial charge in [-0.15, -0.1) is 0 Å². The molecule has 1 atom stereocenters. The maximum atomic E-state index is 9.30. The van der Waals surface area contributed by atoms with E-state index in [-0.39, 0.29) is 0 Å². The minimum atomic E-state index is 0.598. The zero-order valence-electron chi connectivity index (χ0n) is 13.8. The molecule has 1 saturated heterocycles. The molecule has 0 amide bonds. The molecule has 1 aliphatic carbocycles. The van der Waals surface area contributed by atoms with E-state index in [1.807, 2.05) is 18.2 Å². The summed E-state index contributed by atoms with van der Waals surface area (Å²) in [5.41, 5.74) is 2.00. The summed E-state index contributed by atoms with van der Waals surface area (Å²) in [6, 6.07) is 11.8. The Morgan fingerprint density at radius 2 is 2.00 bits per heavy atom. The molecule has 2 aliphatic rings. The number of nitrogens with zero attached hydrogens (tertiary/aromatic N) is 3. The fraction of sp³-hybridized carbons (Fsp3) is 0.632. The molecule has 1 aromatic rings. The van der Waals surface area contributed by atoms with Crippen molar-refractivity contribution in [3.05, 3.63) is 35.4 Å². The Bertz CT molecular complexity index is 542. The van der Waals surface area contributed by atoms with Crippen LogP contribution in [0.15, 0.2) is 24.3 Å². The minimum Gasteiger partial charge on any atom is -0.298 e. The number of hydrogen-bond acceptors (Lipinski definition) is 3. The van der Waals surface area contributed by atoms with Crippen LogP contribution in [0.3, 0.4) is 0 Å². The minimum absolute atomic E-state index is 0.598. The number of rotatable bonds is 4. The van der Waals surface area contributed by atoms with Crippen molar-refractivity contribution in [2.75, 3.05) is 19.6 Å². The molecule has 1 aromatic carbocycles. The van der Waals surface area contributed by atoms with E-state index in [2.05, 4.69) is 35.8 Å². The molecular formula is C19H27N3. The Balaban J connectivity index is 1.71. The first-order valence-corrected chi connectivity index (χ1v) is 8.65. The first-order chi connectivity index (χ1) is 10.7. The molecule has 3 heteroatoms. The van der Waals surface area contributed by atoms with Crippen LogP contribution in [-0.4, -0.2) is 41.5 Å². The van der Waals surface area contributed by atoms with Crippen molar-refractivity contribution in [2.24, 2.45) is 5.92 Å². The third-order valence-corrected chi connectivity index (χ3v) is 5.44. The van der Waals surface area contributed by atoms with Crippen LogP contribution in [0.25, 0.3) is 0 Å². The summed E-state index contributed by atoms with van der Waals surface area (Å²) in [5.74, 6) is 0.650. The molecular weight excluding hydrogens is 270 g/mol. The second-order valence-corrected chi connectivity index (χ2v) is 7.13. The van der Waals surface area contributed by atoms with Gasteiger partial charge in [0, 0.05) is 38.3 Å². The van der Waals surface area contributed by atoms with Gasteiger partial charge in [0.25, 0.3) is 0 Å². The van der Waals surface area contributed by atoms with Crippen molar-refractivity contribution in [3.8, 4) is 6.07 Å². The van der Waals surface area contributed by atoms with Gasteiger partial charge in [-0.1, -0.05) is 38.5 Å². The van der Waals surface area contributed by atoms with Gasteiger partial charge in [0.15, 0.2) is 0 Å². The lowest BCUT2D eigenvalue weighted by molar-refractivity contribution is 0.00318. The molecule has 0 radical (unpaired) electrons. The lowest BCUT2D eigenvalue weighted by Gasteiger charge is -2.48. The molecule has 0 aromatic heterocycles. The normalized spacial score (nSPS) is 24.2. The molecule has 118 valence electrons. The number of benzene rings is 1. The average Bonchev–Trinajstić information content (AvgIpc) is 2.47. The number of nitriles is 1. The Morgan fingerprint density at radius 1 is 1.23 bits per heavy atom. The lowest BCUT2D eigenvalue weighted by atomic mass is 9.89. The van der Waals surface area contributed by atoms with Gasteiger partial charge in [-0.05, 0) is 30.4 Å². The standard InChI is InChI=1S/C19H27N3/c1-15(2)19-14-21(18-8-5-9-18)10-11-22(19)13-17-7-4-3-6-16(17)12-20/h3-4,6-7,15,18-19H,5,8-11,13-14H2,1-2H3. The van der Waals surface area contributed by atoms with Crippen LogP contribution in [0.1, 0.15) is 44.2 Å². The molecule has 0 bridgehead atoms.